The number of hydrogen-bond donors (Lipinski definition) is 2. The third-order valence-corrected chi connectivity index (χ3v) is 3.19. The summed E-state index contributed by atoms with van der Waals surface area (Å²) in [4.78, 5) is 18.0. The molecule has 2 N–H and O–H groups in total. The van der Waals surface area contributed by atoms with Gasteiger partial charge in [0, 0.05) is 13.2 Å². The van der Waals surface area contributed by atoms with Crippen molar-refractivity contribution in [3.8, 4) is 5.75 Å². The minimum atomic E-state index is -0.119. The topological polar surface area (TPSA) is 71.7 Å². The highest BCUT2D eigenvalue weighted by Crippen LogP contribution is 2.25. The van der Waals surface area contributed by atoms with Crippen LogP contribution in [0.5, 0.6) is 5.75 Å². The Morgan fingerprint density at radius 3 is 2.76 bits per heavy atom. The lowest BCUT2D eigenvalue weighted by molar-refractivity contribution is 0.182. The molecule has 5 nitrogen and oxygen atoms in total. The zero-order valence-electron chi connectivity index (χ0n) is 11.3. The van der Waals surface area contributed by atoms with Crippen molar-refractivity contribution in [3.63, 3.8) is 0 Å². The molecule has 1 aromatic heterocycles. The fraction of sp³-hybridized carbons (Fsp3) is 0.188. The maximum Gasteiger partial charge on any atom is 0.204 e. The van der Waals surface area contributed by atoms with Gasteiger partial charge in [-0.3, -0.25) is 4.79 Å². The number of benzene rings is 2. The van der Waals surface area contributed by atoms with E-state index in [-0.39, 0.29) is 12.0 Å². The summed E-state index contributed by atoms with van der Waals surface area (Å²) in [5.41, 5.74) is 3.65. The summed E-state index contributed by atoms with van der Waals surface area (Å²) in [6, 6.07) is 12.3. The molecular formula is C16H15NO4. The zero-order valence-corrected chi connectivity index (χ0v) is 11.3. The predicted octanol–water partition coefficient (Wildman–Crippen LogP) is 2.21. The van der Waals surface area contributed by atoms with Crippen LogP contribution in [0.15, 0.2) is 51.7 Å². The van der Waals surface area contributed by atoms with Gasteiger partial charge in [-0.1, -0.05) is 18.2 Å². The first-order valence-corrected chi connectivity index (χ1v) is 6.76. The number of hydrogen-bond acceptors (Lipinski definition) is 5. The second kappa shape index (κ2) is 5.95. The summed E-state index contributed by atoms with van der Waals surface area (Å²) in [6.07, 6.45) is 0.572. The molecule has 0 aliphatic rings. The van der Waals surface area contributed by atoms with Gasteiger partial charge in [-0.25, -0.2) is 0 Å². The van der Waals surface area contributed by atoms with Gasteiger partial charge in [0.2, 0.25) is 5.43 Å². The largest absolute Gasteiger partial charge is 0.456 e. The molecule has 0 radical (unpaired) electrons. The summed E-state index contributed by atoms with van der Waals surface area (Å²) in [7, 11) is 0. The predicted molar refractivity (Wildman–Crippen MR) is 80.3 cm³/mol. The van der Waals surface area contributed by atoms with Gasteiger partial charge in [0.25, 0.3) is 0 Å². The summed E-state index contributed by atoms with van der Waals surface area (Å²) in [5, 5.41) is 9.67. The molecule has 21 heavy (non-hydrogen) atoms. The molecule has 0 fully saturated rings. The van der Waals surface area contributed by atoms with E-state index in [0.29, 0.717) is 40.7 Å². The molecule has 0 aliphatic heterocycles. The molecule has 0 amide bonds. The number of para-hydroxylation sites is 1. The number of aliphatic hydroxyl groups excluding tert-OH is 1. The third-order valence-electron chi connectivity index (χ3n) is 3.19. The van der Waals surface area contributed by atoms with Crippen molar-refractivity contribution in [2.75, 3.05) is 13.2 Å². The number of hydroxylamine groups is 1. The smallest absolute Gasteiger partial charge is 0.204 e. The van der Waals surface area contributed by atoms with E-state index in [1.807, 2.05) is 6.07 Å². The molecule has 0 saturated carbocycles. The van der Waals surface area contributed by atoms with Crippen molar-refractivity contribution >= 4 is 21.9 Å². The van der Waals surface area contributed by atoms with Crippen LogP contribution in [0.3, 0.4) is 0 Å². The Morgan fingerprint density at radius 1 is 1.10 bits per heavy atom. The van der Waals surface area contributed by atoms with Crippen LogP contribution in [0.25, 0.3) is 21.9 Å². The van der Waals surface area contributed by atoms with Gasteiger partial charge in [0.05, 0.1) is 5.39 Å². The molecule has 0 bridgehead atoms. The van der Waals surface area contributed by atoms with Crippen molar-refractivity contribution in [2.45, 2.75) is 6.42 Å². The van der Waals surface area contributed by atoms with Crippen LogP contribution in [0.2, 0.25) is 0 Å². The van der Waals surface area contributed by atoms with E-state index in [9.17, 15) is 4.79 Å². The third kappa shape index (κ3) is 2.61. The van der Waals surface area contributed by atoms with Crippen molar-refractivity contribution in [3.05, 3.63) is 52.7 Å². The molecule has 0 atom stereocenters. The van der Waals surface area contributed by atoms with E-state index in [1.165, 1.54) is 0 Å². The average molecular weight is 285 g/mol. The van der Waals surface area contributed by atoms with Crippen LogP contribution in [-0.2, 0) is 0 Å². The standard InChI is InChI=1S/C16H15NO4/c18-10-4-9-17-21-14-8-3-7-13-15(14)16(19)11-5-1-2-6-12(11)20-13/h1-3,5-8,17-18H,4,9-10H2. The molecular weight excluding hydrogens is 270 g/mol. The normalized spacial score (nSPS) is 11.1. The van der Waals surface area contributed by atoms with E-state index >= 15 is 0 Å². The minimum absolute atomic E-state index is 0.0820. The summed E-state index contributed by atoms with van der Waals surface area (Å²) in [6.45, 7) is 0.574. The number of rotatable bonds is 5. The fourth-order valence-corrected chi connectivity index (χ4v) is 2.18. The monoisotopic (exact) mass is 285 g/mol. The highest BCUT2D eigenvalue weighted by molar-refractivity contribution is 5.93. The van der Waals surface area contributed by atoms with Crippen molar-refractivity contribution in [1.29, 1.82) is 0 Å². The summed E-state index contributed by atoms with van der Waals surface area (Å²) >= 11 is 0. The number of nitrogens with one attached hydrogen (secondary N) is 1. The second-order valence-electron chi connectivity index (χ2n) is 4.63. The van der Waals surface area contributed by atoms with Gasteiger partial charge in [0.15, 0.2) is 5.75 Å². The Hall–Kier alpha value is -2.37. The summed E-state index contributed by atoms with van der Waals surface area (Å²) < 4.78 is 5.75. The Labute approximate surface area is 120 Å². The van der Waals surface area contributed by atoms with Crippen LogP contribution in [-0.4, -0.2) is 18.3 Å². The lowest BCUT2D eigenvalue weighted by Gasteiger charge is -2.09. The number of fused-ring (bicyclic) bond motifs is 2. The van der Waals surface area contributed by atoms with Gasteiger partial charge in [-0.05, 0) is 30.7 Å². The van der Waals surface area contributed by atoms with E-state index in [4.69, 9.17) is 14.4 Å². The molecule has 0 saturated heterocycles. The van der Waals surface area contributed by atoms with Crippen molar-refractivity contribution in [1.82, 2.24) is 5.48 Å². The van der Waals surface area contributed by atoms with Gasteiger partial charge < -0.3 is 14.4 Å². The molecule has 0 aliphatic carbocycles. The Bertz CT molecular complexity index is 825. The molecule has 5 heteroatoms. The van der Waals surface area contributed by atoms with E-state index < -0.39 is 0 Å². The fourth-order valence-electron chi connectivity index (χ4n) is 2.18. The Balaban J connectivity index is 2.09. The second-order valence-corrected chi connectivity index (χ2v) is 4.63. The number of aliphatic hydroxyl groups is 1. The van der Waals surface area contributed by atoms with Gasteiger partial charge in [-0.15, -0.1) is 0 Å². The van der Waals surface area contributed by atoms with E-state index in [0.717, 1.165) is 0 Å². The lowest BCUT2D eigenvalue weighted by Crippen LogP contribution is -2.21. The average Bonchev–Trinajstić information content (AvgIpc) is 2.52. The highest BCUT2D eigenvalue weighted by Gasteiger charge is 2.12. The Kier molecular flexibility index (Phi) is 3.85. The van der Waals surface area contributed by atoms with E-state index in [2.05, 4.69) is 5.48 Å². The van der Waals surface area contributed by atoms with Crippen molar-refractivity contribution < 1.29 is 14.4 Å². The van der Waals surface area contributed by atoms with Gasteiger partial charge >= 0.3 is 0 Å². The van der Waals surface area contributed by atoms with Crippen LogP contribution >= 0.6 is 0 Å². The molecule has 2 aromatic carbocycles. The maximum atomic E-state index is 12.6. The zero-order chi connectivity index (χ0) is 14.7. The highest BCUT2D eigenvalue weighted by atomic mass is 16.6. The van der Waals surface area contributed by atoms with E-state index in [1.54, 1.807) is 36.4 Å². The summed E-state index contributed by atoms with van der Waals surface area (Å²) in [5.74, 6) is 0.421. The van der Waals surface area contributed by atoms with Gasteiger partial charge in [-0.2, -0.15) is 5.48 Å². The maximum absolute atomic E-state index is 12.6. The van der Waals surface area contributed by atoms with Crippen LogP contribution < -0.4 is 15.7 Å². The first-order valence-electron chi connectivity index (χ1n) is 6.76. The molecule has 108 valence electrons. The first-order chi connectivity index (χ1) is 10.3. The molecule has 0 spiro atoms. The molecule has 1 heterocycles. The minimum Gasteiger partial charge on any atom is -0.456 e. The molecule has 0 unspecified atom stereocenters. The molecule has 3 rings (SSSR count). The SMILES string of the molecule is O=c1c2ccccc2oc2cccc(ONCCCO)c12. The van der Waals surface area contributed by atoms with Crippen LogP contribution in [0, 0.1) is 0 Å². The van der Waals surface area contributed by atoms with Crippen LogP contribution in [0.4, 0.5) is 0 Å². The lowest BCUT2D eigenvalue weighted by atomic mass is 10.1. The van der Waals surface area contributed by atoms with Gasteiger partial charge in [0.1, 0.15) is 16.6 Å². The first kappa shape index (κ1) is 13.6. The molecule has 3 aromatic rings. The van der Waals surface area contributed by atoms with Crippen molar-refractivity contribution in [2.24, 2.45) is 0 Å². The Morgan fingerprint density at radius 2 is 1.90 bits per heavy atom. The van der Waals surface area contributed by atoms with Crippen LogP contribution in [0.1, 0.15) is 6.42 Å². The quantitative estimate of drug-likeness (QED) is 0.427.